The second-order valence-corrected chi connectivity index (χ2v) is 21.2. The van der Waals surface area contributed by atoms with Gasteiger partial charge in [0.2, 0.25) is 0 Å². The van der Waals surface area contributed by atoms with E-state index in [1.54, 1.807) is 43.0 Å². The molecule has 404 valence electrons. The molecule has 78 heavy (non-hydrogen) atoms. The number of carbonyl (C=O) groups excluding carboxylic acids is 4. The third-order valence-corrected chi connectivity index (χ3v) is 15.0. The highest BCUT2D eigenvalue weighted by molar-refractivity contribution is 6.36. The molecule has 2 saturated heterocycles. The van der Waals surface area contributed by atoms with Gasteiger partial charge in [-0.05, 0) is 84.7 Å². The topological polar surface area (TPSA) is 205 Å². The number of alkyl halides is 3. The molecule has 3 aliphatic heterocycles. The molecule has 2 atom stereocenters. The first-order valence-electron chi connectivity index (χ1n) is 25.4. The van der Waals surface area contributed by atoms with Crippen molar-refractivity contribution in [2.75, 3.05) is 67.6 Å². The van der Waals surface area contributed by atoms with Crippen molar-refractivity contribution in [1.82, 2.24) is 29.5 Å². The maximum absolute atomic E-state index is 14.2. The Morgan fingerprint density at radius 1 is 0.962 bits per heavy atom. The highest BCUT2D eigenvalue weighted by Gasteiger charge is 2.46. The number of anilines is 4. The minimum absolute atomic E-state index is 0.0196. The van der Waals surface area contributed by atoms with E-state index in [2.05, 4.69) is 28.0 Å². The summed E-state index contributed by atoms with van der Waals surface area (Å²) in [6.45, 7) is 9.32. The van der Waals surface area contributed by atoms with E-state index in [9.17, 15) is 42.0 Å². The number of nitrogens with two attached hydrogens (primary N) is 1. The minimum Gasteiger partial charge on any atom is -0.484 e. The molecule has 2 unspecified atom stereocenters. The largest absolute Gasteiger partial charge is 0.484 e. The fraction of sp³-hybridized carbons (Fsp3) is 0.357. The second-order valence-electron chi connectivity index (χ2n) is 20.8. The van der Waals surface area contributed by atoms with Gasteiger partial charge in [-0.3, -0.25) is 19.2 Å². The van der Waals surface area contributed by atoms with Gasteiger partial charge in [-0.2, -0.15) is 33.5 Å². The number of nitrogens with zero attached hydrogens (tertiary/aromatic N) is 9. The van der Waals surface area contributed by atoms with Crippen LogP contribution in [-0.2, 0) is 35.2 Å². The van der Waals surface area contributed by atoms with Crippen LogP contribution in [0.25, 0.3) is 16.5 Å². The fourth-order valence-corrected chi connectivity index (χ4v) is 11.2. The van der Waals surface area contributed by atoms with Crippen LogP contribution in [0.15, 0.2) is 91.3 Å². The monoisotopic (exact) mass is 1090 g/mol. The maximum Gasteiger partial charge on any atom is 0.435 e. The molecular formula is C56H54ClF4N11O6. The number of carbonyl (C=O) groups is 4. The number of fused-ring (bicyclic) bond motifs is 3. The van der Waals surface area contributed by atoms with Crippen LogP contribution in [0.4, 0.5) is 40.4 Å². The quantitative estimate of drug-likeness (QED) is 0.0774. The van der Waals surface area contributed by atoms with Crippen molar-refractivity contribution >= 4 is 68.8 Å². The molecule has 3 amide bonds. The Kier molecular flexibility index (Phi) is 14.5. The molecule has 4 aliphatic rings. The Morgan fingerprint density at radius 3 is 2.46 bits per heavy atom. The average molecular weight is 1090 g/mol. The molecule has 2 aromatic heterocycles. The van der Waals surface area contributed by atoms with Crippen molar-refractivity contribution in [3.63, 3.8) is 0 Å². The zero-order chi connectivity index (χ0) is 55.2. The Balaban J connectivity index is 0.798. The van der Waals surface area contributed by atoms with Gasteiger partial charge in [0, 0.05) is 73.9 Å². The van der Waals surface area contributed by atoms with E-state index < -0.39 is 52.3 Å². The number of ketones is 1. The van der Waals surface area contributed by atoms with Crippen LogP contribution in [0.5, 0.6) is 11.8 Å². The molecule has 6 aromatic rings. The van der Waals surface area contributed by atoms with Gasteiger partial charge < -0.3 is 40.1 Å². The van der Waals surface area contributed by atoms with Crippen LogP contribution >= 0.6 is 11.6 Å². The van der Waals surface area contributed by atoms with Crippen LogP contribution < -0.4 is 30.3 Å². The van der Waals surface area contributed by atoms with Gasteiger partial charge >= 0.3 is 12.2 Å². The van der Waals surface area contributed by atoms with Gasteiger partial charge in [-0.1, -0.05) is 56.3 Å². The summed E-state index contributed by atoms with van der Waals surface area (Å²) in [4.78, 5) is 69.0. The van der Waals surface area contributed by atoms with Crippen LogP contribution in [0, 0.1) is 22.7 Å². The summed E-state index contributed by atoms with van der Waals surface area (Å²) in [5, 5.41) is 19.2. The fourth-order valence-electron chi connectivity index (χ4n) is 11.0. The van der Waals surface area contributed by atoms with E-state index >= 15 is 0 Å². The number of ether oxygens (including phenoxy) is 2. The highest BCUT2D eigenvalue weighted by Crippen LogP contribution is 2.43. The van der Waals surface area contributed by atoms with Crippen molar-refractivity contribution in [1.29, 1.82) is 5.26 Å². The smallest absolute Gasteiger partial charge is 0.435 e. The number of hydrogen-bond acceptors (Lipinski definition) is 13. The van der Waals surface area contributed by atoms with Crippen LogP contribution in [-0.4, -0.2) is 112 Å². The van der Waals surface area contributed by atoms with Gasteiger partial charge in [0.05, 0.1) is 70.6 Å². The number of benzene rings is 4. The van der Waals surface area contributed by atoms with E-state index in [4.69, 9.17) is 36.8 Å². The predicted molar refractivity (Wildman–Crippen MR) is 283 cm³/mol. The van der Waals surface area contributed by atoms with Crippen molar-refractivity contribution in [2.24, 2.45) is 17.1 Å². The first-order chi connectivity index (χ1) is 37.2. The standard InChI is InChI=1S/C56H54ClF4N11O6/c1-32(58)53(76)71-23-22-70(28-37(71)16-19-62)52-40-18-21-68(44-9-5-7-34-6-4-8-41(57)48(34)44)29-43(40)65-54(66-52)78-30-33-17-20-69(27-33)47(74)31-77-38-13-10-35(11-14-38)64-42-24-36(12-15-39(42)51(63)75)72-45-25-55(2,3)26-46(73)49(45)50(67-72)56(59,60)61/h4-15,24,33,37,64H,1,16-18,20-23,25-31H2,2-3H3,(H2,63,75). The number of likely N-dealkylation sites (tertiary alicyclic amines) is 1. The molecule has 1 aliphatic carbocycles. The normalized spacial score (nSPS) is 18.1. The maximum atomic E-state index is 14.2. The lowest BCUT2D eigenvalue weighted by Gasteiger charge is -2.42. The summed E-state index contributed by atoms with van der Waals surface area (Å²) >= 11 is 6.76. The highest BCUT2D eigenvalue weighted by atomic mass is 35.5. The Morgan fingerprint density at radius 2 is 1.73 bits per heavy atom. The summed E-state index contributed by atoms with van der Waals surface area (Å²) in [5.74, 6) is -2.69. The number of halogens is 5. The molecule has 2 fully saturated rings. The predicted octanol–water partition coefficient (Wildman–Crippen LogP) is 8.77. The van der Waals surface area contributed by atoms with Gasteiger partial charge in [0.15, 0.2) is 23.9 Å². The summed E-state index contributed by atoms with van der Waals surface area (Å²) < 4.78 is 70.0. The molecule has 17 nitrogen and oxygen atoms in total. The number of piperazine rings is 1. The molecular weight excluding hydrogens is 1030 g/mol. The first-order valence-corrected chi connectivity index (χ1v) is 25.8. The molecule has 0 radical (unpaired) electrons. The van der Waals surface area contributed by atoms with Crippen molar-refractivity contribution < 1.29 is 46.2 Å². The molecule has 0 bridgehead atoms. The Bertz CT molecular complexity index is 3430. The summed E-state index contributed by atoms with van der Waals surface area (Å²) in [6, 6.07) is 24.2. The number of rotatable bonds is 14. The summed E-state index contributed by atoms with van der Waals surface area (Å²) in [7, 11) is 0. The van der Waals surface area contributed by atoms with E-state index in [0.29, 0.717) is 67.8 Å². The van der Waals surface area contributed by atoms with E-state index in [1.165, 1.54) is 23.1 Å². The average Bonchev–Trinajstić information content (AvgIpc) is 4.26. The van der Waals surface area contributed by atoms with Crippen molar-refractivity contribution in [3.05, 3.63) is 130 Å². The second kappa shape index (κ2) is 21.3. The molecule has 22 heteroatoms. The number of Topliss-reactive ketones (excluding diaryl/α,β-unsaturated/α-hetero) is 1. The van der Waals surface area contributed by atoms with E-state index in [1.807, 2.05) is 41.3 Å². The number of hydrogen-bond donors (Lipinski definition) is 2. The van der Waals surface area contributed by atoms with Gasteiger partial charge in [-0.25, -0.2) is 9.07 Å². The minimum atomic E-state index is -4.87. The van der Waals surface area contributed by atoms with Crippen LogP contribution in [0.3, 0.4) is 0 Å². The lowest BCUT2D eigenvalue weighted by atomic mass is 9.75. The van der Waals surface area contributed by atoms with Gasteiger partial charge in [0.1, 0.15) is 11.6 Å². The van der Waals surface area contributed by atoms with E-state index in [0.717, 1.165) is 32.4 Å². The molecule has 4 aromatic carbocycles. The molecule has 3 N–H and O–H groups in total. The SMILES string of the molecule is C=C(F)C(=O)N1CCN(c2nc(OCC3CCN(C(=O)COc4ccc(Nc5cc(-n6nc(C(F)(F)F)c7c6CC(C)(C)CC7=O)ccc5C(N)=O)cc4)C3)nc3c2CCN(c2cccc4cccc(Cl)c24)C3)CC1CC#N. The Labute approximate surface area is 451 Å². The van der Waals surface area contributed by atoms with Crippen molar-refractivity contribution in [3.8, 4) is 23.5 Å². The Hall–Kier alpha value is -8.25. The van der Waals surface area contributed by atoms with Crippen LogP contribution in [0.2, 0.25) is 5.02 Å². The first kappa shape index (κ1) is 53.2. The number of aromatic nitrogens is 4. The van der Waals surface area contributed by atoms with Crippen molar-refractivity contribution in [2.45, 2.75) is 64.7 Å². The van der Waals surface area contributed by atoms with Gasteiger partial charge in [0.25, 0.3) is 17.7 Å². The number of primary amides is 1. The lowest BCUT2D eigenvalue weighted by Crippen LogP contribution is -2.55. The van der Waals surface area contributed by atoms with E-state index in [-0.39, 0.29) is 86.0 Å². The third kappa shape index (κ3) is 10.9. The molecule has 0 saturated carbocycles. The zero-order valence-electron chi connectivity index (χ0n) is 42.7. The van der Waals surface area contributed by atoms with Gasteiger partial charge in [-0.15, -0.1) is 0 Å². The molecule has 0 spiro atoms. The number of nitrogens with one attached hydrogen (secondary N) is 1. The summed E-state index contributed by atoms with van der Waals surface area (Å²) in [5.41, 5.74) is 7.00. The molecule has 5 heterocycles. The summed E-state index contributed by atoms with van der Waals surface area (Å²) in [6.07, 6.45) is -3.58. The van der Waals surface area contributed by atoms with Crippen LogP contribution in [0.1, 0.15) is 76.5 Å². The molecule has 10 rings (SSSR count). The number of nitriles is 1. The third-order valence-electron chi connectivity index (χ3n) is 14.7. The zero-order valence-corrected chi connectivity index (χ0v) is 43.5. The number of amides is 3. The lowest BCUT2D eigenvalue weighted by molar-refractivity contribution is -0.141.